The maximum atomic E-state index is 5.55. The third-order valence-electron chi connectivity index (χ3n) is 2.66. The lowest BCUT2D eigenvalue weighted by molar-refractivity contribution is 0.0285. The largest absolute Gasteiger partial charge is 0.385 e. The molecule has 0 aromatic carbocycles. The van der Waals surface area contributed by atoms with Gasteiger partial charge in [-0.25, -0.2) is 0 Å². The van der Waals surface area contributed by atoms with Crippen LogP contribution in [0.2, 0.25) is 0 Å². The molecule has 0 aliphatic heterocycles. The lowest BCUT2D eigenvalue weighted by Crippen LogP contribution is -2.43. The zero-order chi connectivity index (χ0) is 11.7. The molecule has 0 aromatic heterocycles. The average molecular weight is 217 g/mol. The standard InChI is InChI=1S/C12H27NO2/c1-6-13-11(8-7-9-14-4)12(15-5)10(2)3/h10-13H,6-9H2,1-5H3. The first-order valence-electron chi connectivity index (χ1n) is 5.92. The van der Waals surface area contributed by atoms with Crippen LogP contribution in [0.25, 0.3) is 0 Å². The molecule has 0 aliphatic carbocycles. The van der Waals surface area contributed by atoms with Crippen LogP contribution in [0.1, 0.15) is 33.6 Å². The van der Waals surface area contributed by atoms with E-state index in [0.717, 1.165) is 26.0 Å². The molecule has 1 N–H and O–H groups in total. The normalized spacial score (nSPS) is 15.6. The van der Waals surface area contributed by atoms with Crippen LogP contribution in [0.5, 0.6) is 0 Å². The second-order valence-electron chi connectivity index (χ2n) is 4.24. The maximum absolute atomic E-state index is 5.55. The van der Waals surface area contributed by atoms with Gasteiger partial charge in [0.1, 0.15) is 0 Å². The molecule has 0 rings (SSSR count). The van der Waals surface area contributed by atoms with E-state index in [-0.39, 0.29) is 0 Å². The topological polar surface area (TPSA) is 30.5 Å². The fourth-order valence-electron chi connectivity index (χ4n) is 1.99. The first-order chi connectivity index (χ1) is 7.17. The van der Waals surface area contributed by atoms with Crippen LogP contribution in [0.4, 0.5) is 0 Å². The summed E-state index contributed by atoms with van der Waals surface area (Å²) in [5.41, 5.74) is 0. The molecule has 2 unspecified atom stereocenters. The first-order valence-corrected chi connectivity index (χ1v) is 5.92. The first kappa shape index (κ1) is 14.9. The zero-order valence-electron chi connectivity index (χ0n) is 10.9. The molecule has 2 atom stereocenters. The van der Waals surface area contributed by atoms with Crippen LogP contribution in [-0.4, -0.2) is 39.5 Å². The SMILES string of the molecule is CCNC(CCCOC)C(OC)C(C)C. The van der Waals surface area contributed by atoms with Crippen LogP contribution in [-0.2, 0) is 9.47 Å². The summed E-state index contributed by atoms with van der Waals surface area (Å²) < 4.78 is 10.6. The number of hydrogen-bond donors (Lipinski definition) is 1. The fourth-order valence-corrected chi connectivity index (χ4v) is 1.99. The van der Waals surface area contributed by atoms with E-state index in [1.807, 2.05) is 0 Å². The number of rotatable bonds is 9. The van der Waals surface area contributed by atoms with E-state index >= 15 is 0 Å². The number of nitrogens with one attached hydrogen (secondary N) is 1. The Morgan fingerprint density at radius 1 is 1.20 bits per heavy atom. The van der Waals surface area contributed by atoms with Crippen molar-refractivity contribution in [2.24, 2.45) is 5.92 Å². The highest BCUT2D eigenvalue weighted by Crippen LogP contribution is 2.14. The van der Waals surface area contributed by atoms with Crippen molar-refractivity contribution in [3.8, 4) is 0 Å². The maximum Gasteiger partial charge on any atom is 0.0747 e. The number of hydrogen-bond acceptors (Lipinski definition) is 3. The van der Waals surface area contributed by atoms with Crippen LogP contribution in [0, 0.1) is 5.92 Å². The Kier molecular flexibility index (Phi) is 9.06. The monoisotopic (exact) mass is 217 g/mol. The van der Waals surface area contributed by atoms with Crippen LogP contribution in [0.3, 0.4) is 0 Å². The lowest BCUT2D eigenvalue weighted by atomic mass is 9.96. The molecule has 0 bridgehead atoms. The molecule has 0 saturated carbocycles. The quantitative estimate of drug-likeness (QED) is 0.600. The molecule has 0 fully saturated rings. The van der Waals surface area contributed by atoms with Gasteiger partial charge in [-0.3, -0.25) is 0 Å². The Bertz CT molecular complexity index is 140. The van der Waals surface area contributed by atoms with Crippen molar-refractivity contribution in [3.63, 3.8) is 0 Å². The number of methoxy groups -OCH3 is 2. The highest BCUT2D eigenvalue weighted by atomic mass is 16.5. The van der Waals surface area contributed by atoms with Crippen molar-refractivity contribution in [1.82, 2.24) is 5.32 Å². The van der Waals surface area contributed by atoms with Crippen LogP contribution in [0.15, 0.2) is 0 Å². The van der Waals surface area contributed by atoms with Gasteiger partial charge in [-0.2, -0.15) is 0 Å². The van der Waals surface area contributed by atoms with Gasteiger partial charge in [0, 0.05) is 26.9 Å². The summed E-state index contributed by atoms with van der Waals surface area (Å²) in [5, 5.41) is 3.49. The summed E-state index contributed by atoms with van der Waals surface area (Å²) in [6.07, 6.45) is 2.49. The predicted molar refractivity (Wildman–Crippen MR) is 64.2 cm³/mol. The highest BCUT2D eigenvalue weighted by molar-refractivity contribution is 4.79. The molecular weight excluding hydrogens is 190 g/mol. The van der Waals surface area contributed by atoms with Gasteiger partial charge in [-0.15, -0.1) is 0 Å². The Morgan fingerprint density at radius 2 is 1.87 bits per heavy atom. The Labute approximate surface area is 94.5 Å². The third-order valence-corrected chi connectivity index (χ3v) is 2.66. The molecule has 0 heterocycles. The predicted octanol–water partition coefficient (Wildman–Crippen LogP) is 2.06. The average Bonchev–Trinajstić information content (AvgIpc) is 2.18. The van der Waals surface area contributed by atoms with E-state index < -0.39 is 0 Å². The molecule has 3 nitrogen and oxygen atoms in total. The molecule has 3 heteroatoms. The second kappa shape index (κ2) is 9.13. The van der Waals surface area contributed by atoms with Crippen LogP contribution >= 0.6 is 0 Å². The van der Waals surface area contributed by atoms with E-state index in [1.165, 1.54) is 0 Å². The molecule has 15 heavy (non-hydrogen) atoms. The van der Waals surface area contributed by atoms with Gasteiger partial charge in [0.05, 0.1) is 6.10 Å². The van der Waals surface area contributed by atoms with Gasteiger partial charge in [-0.1, -0.05) is 20.8 Å². The van der Waals surface area contributed by atoms with E-state index in [2.05, 4.69) is 26.1 Å². The fraction of sp³-hybridized carbons (Fsp3) is 1.00. The molecule has 0 aliphatic rings. The molecule has 0 saturated heterocycles. The van der Waals surface area contributed by atoms with Gasteiger partial charge in [0.15, 0.2) is 0 Å². The minimum absolute atomic E-state index is 0.293. The van der Waals surface area contributed by atoms with Gasteiger partial charge < -0.3 is 14.8 Å². The van der Waals surface area contributed by atoms with Gasteiger partial charge in [0.25, 0.3) is 0 Å². The Hall–Kier alpha value is -0.120. The minimum atomic E-state index is 0.293. The van der Waals surface area contributed by atoms with Gasteiger partial charge >= 0.3 is 0 Å². The zero-order valence-corrected chi connectivity index (χ0v) is 10.9. The molecule has 0 amide bonds. The molecule has 92 valence electrons. The van der Waals surface area contributed by atoms with E-state index in [4.69, 9.17) is 9.47 Å². The van der Waals surface area contributed by atoms with E-state index in [0.29, 0.717) is 18.1 Å². The summed E-state index contributed by atoms with van der Waals surface area (Å²) in [5.74, 6) is 0.543. The van der Waals surface area contributed by atoms with Crippen molar-refractivity contribution < 1.29 is 9.47 Å². The molecular formula is C12H27NO2. The van der Waals surface area contributed by atoms with Crippen molar-refractivity contribution in [3.05, 3.63) is 0 Å². The number of likely N-dealkylation sites (N-methyl/N-ethyl adjacent to an activating group) is 1. The third kappa shape index (κ3) is 6.13. The van der Waals surface area contributed by atoms with Crippen molar-refractivity contribution in [1.29, 1.82) is 0 Å². The van der Waals surface area contributed by atoms with Gasteiger partial charge in [-0.05, 0) is 25.3 Å². The van der Waals surface area contributed by atoms with Crippen molar-refractivity contribution in [2.75, 3.05) is 27.4 Å². The summed E-state index contributed by atoms with van der Waals surface area (Å²) in [7, 11) is 3.55. The Balaban J connectivity index is 4.08. The molecule has 0 aromatic rings. The van der Waals surface area contributed by atoms with Crippen molar-refractivity contribution >= 4 is 0 Å². The smallest absolute Gasteiger partial charge is 0.0747 e. The van der Waals surface area contributed by atoms with Crippen molar-refractivity contribution in [2.45, 2.75) is 45.8 Å². The van der Waals surface area contributed by atoms with E-state index in [9.17, 15) is 0 Å². The van der Waals surface area contributed by atoms with Crippen LogP contribution < -0.4 is 5.32 Å². The summed E-state index contributed by atoms with van der Waals surface area (Å²) >= 11 is 0. The molecule has 0 radical (unpaired) electrons. The molecule has 0 spiro atoms. The second-order valence-corrected chi connectivity index (χ2v) is 4.24. The lowest BCUT2D eigenvalue weighted by Gasteiger charge is -2.29. The Morgan fingerprint density at radius 3 is 2.27 bits per heavy atom. The summed E-state index contributed by atoms with van der Waals surface area (Å²) in [6.45, 7) is 8.36. The van der Waals surface area contributed by atoms with E-state index in [1.54, 1.807) is 14.2 Å². The van der Waals surface area contributed by atoms with Gasteiger partial charge in [0.2, 0.25) is 0 Å². The number of ether oxygens (including phenoxy) is 2. The summed E-state index contributed by atoms with van der Waals surface area (Å²) in [6, 6.07) is 0.440. The highest BCUT2D eigenvalue weighted by Gasteiger charge is 2.22. The summed E-state index contributed by atoms with van der Waals surface area (Å²) in [4.78, 5) is 0. The minimum Gasteiger partial charge on any atom is -0.385 e.